The van der Waals surface area contributed by atoms with Crippen LogP contribution in [0.4, 0.5) is 5.69 Å². The monoisotopic (exact) mass is 662 g/mol. The van der Waals surface area contributed by atoms with E-state index in [2.05, 4.69) is 14.8 Å². The lowest BCUT2D eigenvalue weighted by Crippen LogP contribution is -2.47. The standard InChI is InChI=1S/C35H42N4O7S/c1-23-19-39(24(2)22-40)34(41)18-28-17-29(37-47(42,43)35-25(3)36-46-26(35)4)13-16-32(28)45-33(23)21-38(5)20-27-11-14-31(15-12-27)44-30-9-7-6-8-10-30/h6-17,23-24,33,37,40H,18-22H2,1-5H3/t23-,24-,33+/m1/s1. The summed E-state index contributed by atoms with van der Waals surface area (Å²) in [5.74, 6) is 1.95. The van der Waals surface area contributed by atoms with Crippen LogP contribution in [0.5, 0.6) is 17.2 Å². The summed E-state index contributed by atoms with van der Waals surface area (Å²) in [5.41, 5.74) is 2.18. The van der Waals surface area contributed by atoms with Crippen LogP contribution < -0.4 is 14.2 Å². The van der Waals surface area contributed by atoms with Gasteiger partial charge in [-0.25, -0.2) is 8.42 Å². The number of para-hydroxylation sites is 1. The molecule has 0 aliphatic carbocycles. The first kappa shape index (κ1) is 34.0. The summed E-state index contributed by atoms with van der Waals surface area (Å²) in [6.45, 7) is 8.37. The van der Waals surface area contributed by atoms with E-state index in [4.69, 9.17) is 14.0 Å². The largest absolute Gasteiger partial charge is 0.488 e. The number of nitrogens with one attached hydrogen (secondary N) is 1. The van der Waals surface area contributed by atoms with Gasteiger partial charge >= 0.3 is 0 Å². The number of carbonyl (C=O) groups excluding carboxylic acids is 1. The van der Waals surface area contributed by atoms with Crippen LogP contribution in [0.1, 0.15) is 36.4 Å². The lowest BCUT2D eigenvalue weighted by Gasteiger charge is -2.34. The third kappa shape index (κ3) is 8.31. The Morgan fingerprint density at radius 3 is 2.45 bits per heavy atom. The Bertz CT molecular complexity index is 1760. The van der Waals surface area contributed by atoms with Gasteiger partial charge in [-0.3, -0.25) is 14.4 Å². The molecule has 0 saturated heterocycles. The maximum absolute atomic E-state index is 13.6. The molecule has 1 aromatic heterocycles. The average Bonchev–Trinajstić information content (AvgIpc) is 3.40. The van der Waals surface area contributed by atoms with Gasteiger partial charge in [0.15, 0.2) is 10.7 Å². The number of aliphatic hydroxyl groups excluding tert-OH is 1. The van der Waals surface area contributed by atoms with E-state index in [1.54, 1.807) is 30.0 Å². The van der Waals surface area contributed by atoms with E-state index in [1.165, 1.54) is 6.92 Å². The van der Waals surface area contributed by atoms with Crippen molar-refractivity contribution >= 4 is 21.6 Å². The lowest BCUT2D eigenvalue weighted by molar-refractivity contribution is -0.134. The normalized spacial score (nSPS) is 17.7. The van der Waals surface area contributed by atoms with Gasteiger partial charge in [0.2, 0.25) is 5.91 Å². The molecule has 11 nitrogen and oxygen atoms in total. The average molecular weight is 663 g/mol. The lowest BCUT2D eigenvalue weighted by atomic mass is 10.0. The molecule has 0 fully saturated rings. The van der Waals surface area contributed by atoms with Crippen molar-refractivity contribution in [3.8, 4) is 17.2 Å². The molecule has 12 heteroatoms. The molecule has 1 aliphatic rings. The summed E-state index contributed by atoms with van der Waals surface area (Å²) in [7, 11) is -1.98. The number of carbonyl (C=O) groups is 1. The van der Waals surface area contributed by atoms with Crippen LogP contribution >= 0.6 is 0 Å². The van der Waals surface area contributed by atoms with E-state index >= 15 is 0 Å². The van der Waals surface area contributed by atoms with Crippen molar-refractivity contribution in [3.63, 3.8) is 0 Å². The minimum Gasteiger partial charge on any atom is -0.488 e. The van der Waals surface area contributed by atoms with Crippen molar-refractivity contribution in [3.05, 3.63) is 95.4 Å². The first-order valence-electron chi connectivity index (χ1n) is 15.6. The van der Waals surface area contributed by atoms with E-state index in [0.29, 0.717) is 30.9 Å². The van der Waals surface area contributed by atoms with Gasteiger partial charge in [-0.2, -0.15) is 0 Å². The number of hydrogen-bond acceptors (Lipinski definition) is 9. The number of likely N-dealkylation sites (N-methyl/N-ethyl adjacent to an activating group) is 1. The fraction of sp³-hybridized carbons (Fsp3) is 0.371. The Balaban J connectivity index is 1.35. The fourth-order valence-corrected chi connectivity index (χ4v) is 7.13. The van der Waals surface area contributed by atoms with Crippen molar-refractivity contribution in [2.45, 2.75) is 57.7 Å². The second-order valence-electron chi connectivity index (χ2n) is 12.2. The highest BCUT2D eigenvalue weighted by molar-refractivity contribution is 7.92. The number of anilines is 1. The van der Waals surface area contributed by atoms with Gasteiger partial charge in [0, 0.05) is 36.8 Å². The second kappa shape index (κ2) is 14.6. The molecule has 5 rings (SSSR count). The third-order valence-corrected chi connectivity index (χ3v) is 9.88. The molecule has 1 amide bonds. The summed E-state index contributed by atoms with van der Waals surface area (Å²) in [4.78, 5) is 17.4. The van der Waals surface area contributed by atoms with E-state index in [9.17, 15) is 18.3 Å². The molecule has 3 aromatic carbocycles. The minimum atomic E-state index is -4.00. The number of benzene rings is 3. The van der Waals surface area contributed by atoms with Crippen LogP contribution in [0.15, 0.2) is 82.2 Å². The Labute approximate surface area is 276 Å². The van der Waals surface area contributed by atoms with Crippen LogP contribution in [-0.4, -0.2) is 73.3 Å². The first-order chi connectivity index (χ1) is 22.4. The Kier molecular flexibility index (Phi) is 10.5. The molecule has 250 valence electrons. The number of rotatable bonds is 11. The maximum atomic E-state index is 13.6. The topological polar surface area (TPSA) is 134 Å². The molecule has 0 unspecified atom stereocenters. The van der Waals surface area contributed by atoms with Crippen molar-refractivity contribution in [2.24, 2.45) is 5.92 Å². The Hall–Kier alpha value is -4.39. The van der Waals surface area contributed by atoms with Crippen LogP contribution in [0.3, 0.4) is 0 Å². The third-order valence-electron chi connectivity index (χ3n) is 8.25. The molecular formula is C35H42N4O7S. The molecular weight excluding hydrogens is 620 g/mol. The van der Waals surface area contributed by atoms with E-state index in [0.717, 1.165) is 17.1 Å². The van der Waals surface area contributed by atoms with Crippen molar-refractivity contribution in [1.82, 2.24) is 15.0 Å². The molecule has 0 spiro atoms. The maximum Gasteiger partial charge on any atom is 0.267 e. The molecule has 0 bridgehead atoms. The molecule has 2 heterocycles. The van der Waals surface area contributed by atoms with Crippen LogP contribution in [0.25, 0.3) is 0 Å². The summed E-state index contributed by atoms with van der Waals surface area (Å²) in [5, 5.41) is 13.7. The predicted octanol–water partition coefficient (Wildman–Crippen LogP) is 5.17. The van der Waals surface area contributed by atoms with Crippen LogP contribution in [-0.2, 0) is 27.8 Å². The number of aromatic nitrogens is 1. The highest BCUT2D eigenvalue weighted by Gasteiger charge is 2.32. The highest BCUT2D eigenvalue weighted by atomic mass is 32.2. The molecule has 0 radical (unpaired) electrons. The number of fused-ring (bicyclic) bond motifs is 1. The fourth-order valence-electron chi connectivity index (χ4n) is 5.75. The molecule has 3 atom stereocenters. The number of ether oxygens (including phenoxy) is 2. The SMILES string of the molecule is Cc1noc(C)c1S(=O)(=O)Nc1ccc2c(c1)CC(=O)N([C@H](C)CO)C[C@@H](C)[C@H](CN(C)Cc1ccc(Oc3ccccc3)cc1)O2. The zero-order valence-electron chi connectivity index (χ0n) is 27.3. The van der Waals surface area contributed by atoms with E-state index in [1.807, 2.05) is 75.5 Å². The quantitative estimate of drug-likeness (QED) is 0.223. The molecule has 47 heavy (non-hydrogen) atoms. The number of aliphatic hydroxyl groups is 1. The predicted molar refractivity (Wildman–Crippen MR) is 178 cm³/mol. The van der Waals surface area contributed by atoms with Crippen molar-refractivity contribution < 1.29 is 32.3 Å². The zero-order valence-corrected chi connectivity index (χ0v) is 28.2. The summed E-state index contributed by atoms with van der Waals surface area (Å²) < 4.78 is 46.6. The second-order valence-corrected chi connectivity index (χ2v) is 13.8. The number of sulfonamides is 1. The van der Waals surface area contributed by atoms with Crippen molar-refractivity contribution in [1.29, 1.82) is 0 Å². The molecule has 4 aromatic rings. The van der Waals surface area contributed by atoms with E-state index in [-0.39, 0.29) is 53.0 Å². The van der Waals surface area contributed by atoms with Gasteiger partial charge < -0.3 is 24.0 Å². The van der Waals surface area contributed by atoms with Gasteiger partial charge in [-0.15, -0.1) is 0 Å². The van der Waals surface area contributed by atoms with Gasteiger partial charge in [0.25, 0.3) is 10.0 Å². The molecule has 1 aliphatic heterocycles. The van der Waals surface area contributed by atoms with Gasteiger partial charge in [0.05, 0.1) is 19.1 Å². The summed E-state index contributed by atoms with van der Waals surface area (Å²) >= 11 is 0. The van der Waals surface area contributed by atoms with Gasteiger partial charge in [-0.05, 0) is 75.8 Å². The smallest absolute Gasteiger partial charge is 0.267 e. The van der Waals surface area contributed by atoms with Crippen molar-refractivity contribution in [2.75, 3.05) is 31.5 Å². The molecule has 0 saturated carbocycles. The number of amides is 1. The Morgan fingerprint density at radius 1 is 1.09 bits per heavy atom. The first-order valence-corrected chi connectivity index (χ1v) is 17.1. The zero-order chi connectivity index (χ0) is 33.7. The number of nitrogens with zero attached hydrogens (tertiary/aromatic N) is 3. The summed E-state index contributed by atoms with van der Waals surface area (Å²) in [6.07, 6.45) is -0.337. The number of aryl methyl sites for hydroxylation is 2. The number of hydrogen-bond donors (Lipinski definition) is 2. The van der Waals surface area contributed by atoms with Crippen LogP contribution in [0.2, 0.25) is 0 Å². The van der Waals surface area contributed by atoms with Gasteiger partial charge in [0.1, 0.15) is 29.0 Å². The molecule has 2 N–H and O–H groups in total. The Morgan fingerprint density at radius 2 is 1.79 bits per heavy atom. The van der Waals surface area contributed by atoms with Gasteiger partial charge in [-0.1, -0.05) is 42.4 Å². The van der Waals surface area contributed by atoms with Crippen LogP contribution in [0, 0.1) is 19.8 Å². The van der Waals surface area contributed by atoms with E-state index < -0.39 is 16.1 Å². The highest BCUT2D eigenvalue weighted by Crippen LogP contribution is 2.31. The summed E-state index contributed by atoms with van der Waals surface area (Å²) in [6, 6.07) is 22.1. The minimum absolute atomic E-state index is 0.0206.